The Morgan fingerprint density at radius 1 is 1.03 bits per heavy atom. The average molecular weight is 489 g/mol. The molecule has 0 radical (unpaired) electrons. The van der Waals surface area contributed by atoms with Gasteiger partial charge in [-0.3, -0.25) is 9.59 Å². The van der Waals surface area contributed by atoms with Gasteiger partial charge in [0.15, 0.2) is 0 Å². The summed E-state index contributed by atoms with van der Waals surface area (Å²) in [6.45, 7) is 11.4. The molecule has 0 aromatic heterocycles. The van der Waals surface area contributed by atoms with Gasteiger partial charge in [0.2, 0.25) is 0 Å². The fourth-order valence-corrected chi connectivity index (χ4v) is 9.90. The highest BCUT2D eigenvalue weighted by Gasteiger charge is 2.70. The SMILES string of the molecule is CC(=O)O[C@H]1CC[C@@]2(C)[C@@H](CC[C@H]3[C@H]2C(=O)O[C@]2(C)[C@@H]4[C@@H](C)[C@@H]([C@H]5CC[C@H](C)CO5)O[C@H]4C[C@@H]32)C1. The molecule has 3 aliphatic heterocycles. The second kappa shape index (κ2) is 8.44. The van der Waals surface area contributed by atoms with Gasteiger partial charge in [0.25, 0.3) is 0 Å². The zero-order valence-electron chi connectivity index (χ0n) is 22.2. The third-order valence-corrected chi connectivity index (χ3v) is 11.5. The Kier molecular flexibility index (Phi) is 5.84. The summed E-state index contributed by atoms with van der Waals surface area (Å²) in [6.07, 6.45) is 8.51. The molecule has 3 aliphatic carbocycles. The summed E-state index contributed by atoms with van der Waals surface area (Å²) >= 11 is 0. The predicted octanol–water partition coefficient (Wildman–Crippen LogP) is 4.92. The predicted molar refractivity (Wildman–Crippen MR) is 129 cm³/mol. The van der Waals surface area contributed by atoms with E-state index in [9.17, 15) is 9.59 Å². The van der Waals surface area contributed by atoms with Crippen LogP contribution in [-0.4, -0.2) is 48.6 Å². The molecule has 6 aliphatic rings. The lowest BCUT2D eigenvalue weighted by molar-refractivity contribution is -0.221. The number of hydrogen-bond acceptors (Lipinski definition) is 6. The third kappa shape index (κ3) is 3.63. The Hall–Kier alpha value is -1.14. The van der Waals surface area contributed by atoms with Gasteiger partial charge in [-0.2, -0.15) is 0 Å². The summed E-state index contributed by atoms with van der Waals surface area (Å²) in [7, 11) is 0. The number of rotatable bonds is 2. The van der Waals surface area contributed by atoms with Gasteiger partial charge in [0.1, 0.15) is 11.7 Å². The lowest BCUT2D eigenvalue weighted by Gasteiger charge is -2.59. The molecule has 6 fully saturated rings. The van der Waals surface area contributed by atoms with Crippen LogP contribution < -0.4 is 0 Å². The van der Waals surface area contributed by atoms with E-state index in [0.717, 1.165) is 51.6 Å². The van der Waals surface area contributed by atoms with Gasteiger partial charge in [-0.15, -0.1) is 0 Å². The summed E-state index contributed by atoms with van der Waals surface area (Å²) < 4.78 is 25.1. The molecular formula is C29H44O6. The van der Waals surface area contributed by atoms with Gasteiger partial charge in [-0.05, 0) is 87.4 Å². The quantitative estimate of drug-likeness (QED) is 0.514. The van der Waals surface area contributed by atoms with Crippen molar-refractivity contribution in [2.24, 2.45) is 46.8 Å². The molecule has 0 aromatic carbocycles. The van der Waals surface area contributed by atoms with Gasteiger partial charge in [-0.25, -0.2) is 0 Å². The summed E-state index contributed by atoms with van der Waals surface area (Å²) in [4.78, 5) is 25.4. The third-order valence-electron chi connectivity index (χ3n) is 11.5. The van der Waals surface area contributed by atoms with Crippen LogP contribution in [0.25, 0.3) is 0 Å². The number of esters is 2. The average Bonchev–Trinajstić information content (AvgIpc) is 3.27. The Bertz CT molecular complexity index is 865. The lowest BCUT2D eigenvalue weighted by atomic mass is 9.48. The molecule has 6 rings (SSSR count). The van der Waals surface area contributed by atoms with E-state index in [1.54, 1.807) is 0 Å². The largest absolute Gasteiger partial charge is 0.463 e. The second-order valence-corrected chi connectivity index (χ2v) is 13.5. The first-order valence-electron chi connectivity index (χ1n) is 14.3. The first-order chi connectivity index (χ1) is 16.6. The first-order valence-corrected chi connectivity index (χ1v) is 14.3. The number of fused-ring (bicyclic) bond motifs is 7. The molecule has 0 N–H and O–H groups in total. The highest BCUT2D eigenvalue weighted by Crippen LogP contribution is 2.66. The van der Waals surface area contributed by atoms with E-state index in [4.69, 9.17) is 18.9 Å². The summed E-state index contributed by atoms with van der Waals surface area (Å²) in [5.74, 6) is 2.10. The maximum atomic E-state index is 13.8. The highest BCUT2D eigenvalue weighted by atomic mass is 16.6. The van der Waals surface area contributed by atoms with Crippen molar-refractivity contribution in [2.75, 3.05) is 6.61 Å². The van der Waals surface area contributed by atoms with Gasteiger partial charge in [-0.1, -0.05) is 20.8 Å². The number of hydrogen-bond donors (Lipinski definition) is 0. The molecule has 0 bridgehead atoms. The van der Waals surface area contributed by atoms with E-state index in [1.807, 2.05) is 0 Å². The fraction of sp³-hybridized carbons (Fsp3) is 0.931. The van der Waals surface area contributed by atoms with Crippen molar-refractivity contribution in [3.63, 3.8) is 0 Å². The molecule has 3 saturated heterocycles. The molecular weight excluding hydrogens is 444 g/mol. The highest BCUT2D eigenvalue weighted by molar-refractivity contribution is 5.76. The van der Waals surface area contributed by atoms with E-state index in [0.29, 0.717) is 29.6 Å². The first kappa shape index (κ1) is 24.2. The van der Waals surface area contributed by atoms with Crippen molar-refractivity contribution in [2.45, 2.75) is 116 Å². The van der Waals surface area contributed by atoms with Gasteiger partial charge >= 0.3 is 11.9 Å². The van der Waals surface area contributed by atoms with Crippen LogP contribution in [0.1, 0.15) is 86.0 Å². The minimum atomic E-state index is -0.447. The van der Waals surface area contributed by atoms with Crippen LogP contribution in [0.4, 0.5) is 0 Å². The zero-order chi connectivity index (χ0) is 24.7. The van der Waals surface area contributed by atoms with Crippen molar-refractivity contribution in [3.8, 4) is 0 Å². The van der Waals surface area contributed by atoms with Gasteiger partial charge in [0, 0.05) is 25.4 Å². The minimum Gasteiger partial charge on any atom is -0.463 e. The molecule has 6 heteroatoms. The van der Waals surface area contributed by atoms with Crippen molar-refractivity contribution in [1.29, 1.82) is 0 Å². The molecule has 0 unspecified atom stereocenters. The Balaban J connectivity index is 1.21. The minimum absolute atomic E-state index is 0.00554. The maximum Gasteiger partial charge on any atom is 0.310 e. The van der Waals surface area contributed by atoms with Crippen LogP contribution in [0, 0.1) is 46.8 Å². The Morgan fingerprint density at radius 2 is 1.83 bits per heavy atom. The molecule has 6 nitrogen and oxygen atoms in total. The van der Waals surface area contributed by atoms with E-state index >= 15 is 0 Å². The van der Waals surface area contributed by atoms with Crippen LogP contribution in [0.5, 0.6) is 0 Å². The van der Waals surface area contributed by atoms with Crippen molar-refractivity contribution in [3.05, 3.63) is 0 Å². The zero-order valence-corrected chi connectivity index (χ0v) is 22.2. The van der Waals surface area contributed by atoms with E-state index in [2.05, 4.69) is 27.7 Å². The normalized spacial score (nSPS) is 55.2. The standard InChI is InChI=1S/C29H44O6/c1-15-6-9-22(32-14-15)26-16(2)24-23(34-26)13-21-20-8-7-18-12-19(33-17(3)30)10-11-28(18,4)25(20)27(31)35-29(21,24)5/h15-16,18-26H,6-14H2,1-5H3/t15-,16+,18-,19-,20+,21-,22+,23-,24+,25-,26-,28-,29-/m0/s1. The van der Waals surface area contributed by atoms with E-state index in [-0.39, 0.29) is 53.6 Å². The number of carbonyl (C=O) groups is 2. The van der Waals surface area contributed by atoms with Crippen LogP contribution in [0.15, 0.2) is 0 Å². The smallest absolute Gasteiger partial charge is 0.310 e. The second-order valence-electron chi connectivity index (χ2n) is 13.5. The van der Waals surface area contributed by atoms with Gasteiger partial charge in [0.05, 0.1) is 24.2 Å². The van der Waals surface area contributed by atoms with Crippen LogP contribution >= 0.6 is 0 Å². The van der Waals surface area contributed by atoms with Crippen molar-refractivity contribution < 1.29 is 28.5 Å². The molecule has 35 heavy (non-hydrogen) atoms. The molecule has 196 valence electrons. The fourth-order valence-electron chi connectivity index (χ4n) is 9.90. The van der Waals surface area contributed by atoms with Crippen LogP contribution in [0.3, 0.4) is 0 Å². The monoisotopic (exact) mass is 488 g/mol. The molecule has 0 aromatic rings. The topological polar surface area (TPSA) is 71.1 Å². The summed E-state index contributed by atoms with van der Waals surface area (Å²) in [5.41, 5.74) is -0.519. The van der Waals surface area contributed by atoms with E-state index in [1.165, 1.54) is 13.3 Å². The molecule has 13 atom stereocenters. The number of ether oxygens (including phenoxy) is 4. The molecule has 0 amide bonds. The maximum absolute atomic E-state index is 13.8. The molecule has 0 spiro atoms. The van der Waals surface area contributed by atoms with Crippen molar-refractivity contribution in [1.82, 2.24) is 0 Å². The number of carbonyl (C=O) groups excluding carboxylic acids is 2. The van der Waals surface area contributed by atoms with Crippen LogP contribution in [0.2, 0.25) is 0 Å². The molecule has 3 heterocycles. The van der Waals surface area contributed by atoms with Gasteiger partial charge < -0.3 is 18.9 Å². The summed E-state index contributed by atoms with van der Waals surface area (Å²) in [6, 6.07) is 0. The van der Waals surface area contributed by atoms with Crippen LogP contribution in [-0.2, 0) is 28.5 Å². The lowest BCUT2D eigenvalue weighted by Crippen LogP contribution is -2.61. The van der Waals surface area contributed by atoms with E-state index < -0.39 is 5.60 Å². The molecule has 3 saturated carbocycles. The Morgan fingerprint density at radius 3 is 2.54 bits per heavy atom. The Labute approximate surface area is 210 Å². The van der Waals surface area contributed by atoms with Crippen molar-refractivity contribution >= 4 is 11.9 Å². The summed E-state index contributed by atoms with van der Waals surface area (Å²) in [5, 5.41) is 0.